The molecule has 0 aliphatic carbocycles. The van der Waals surface area contributed by atoms with Crippen molar-refractivity contribution in [3.63, 3.8) is 0 Å². The van der Waals surface area contributed by atoms with Gasteiger partial charge in [0.2, 0.25) is 0 Å². The maximum atomic E-state index is 12.5. The van der Waals surface area contributed by atoms with Crippen LogP contribution < -0.4 is 15.5 Å². The zero-order valence-corrected chi connectivity index (χ0v) is 13.7. The van der Waals surface area contributed by atoms with Gasteiger partial charge in [-0.25, -0.2) is 9.79 Å². The van der Waals surface area contributed by atoms with Gasteiger partial charge in [0.15, 0.2) is 5.96 Å². The number of anilines is 1. The van der Waals surface area contributed by atoms with Crippen LogP contribution in [0.4, 0.5) is 10.5 Å². The lowest BCUT2D eigenvalue weighted by Crippen LogP contribution is -2.47. The quantitative estimate of drug-likeness (QED) is 0.509. The largest absolute Gasteiger partial charge is 0.356 e. The highest BCUT2D eigenvalue weighted by Crippen LogP contribution is 2.24. The molecule has 0 fully saturated rings. The van der Waals surface area contributed by atoms with E-state index >= 15 is 0 Å². The zero-order chi connectivity index (χ0) is 16.5. The van der Waals surface area contributed by atoms with Crippen molar-refractivity contribution >= 4 is 17.7 Å². The van der Waals surface area contributed by atoms with Gasteiger partial charge >= 0.3 is 6.03 Å². The van der Waals surface area contributed by atoms with Crippen LogP contribution in [0.3, 0.4) is 0 Å². The number of para-hydroxylation sites is 1. The van der Waals surface area contributed by atoms with Gasteiger partial charge in [0.1, 0.15) is 6.54 Å². The molecule has 5 heteroatoms. The number of carbonyl (C=O) groups is 1. The molecule has 0 saturated carbocycles. The predicted molar refractivity (Wildman–Crippen MR) is 92.3 cm³/mol. The van der Waals surface area contributed by atoms with Gasteiger partial charge in [0.25, 0.3) is 0 Å². The SMILES string of the molecule is C#CCN=C(NCC)NC(=O)N(C)c1c(C)cccc1CC. The molecular formula is C17H24N4O. The van der Waals surface area contributed by atoms with Crippen LogP contribution in [-0.4, -0.2) is 32.1 Å². The third-order valence-corrected chi connectivity index (χ3v) is 3.24. The molecule has 0 aliphatic heterocycles. The molecule has 0 bridgehead atoms. The Labute approximate surface area is 132 Å². The first-order valence-corrected chi connectivity index (χ1v) is 7.40. The van der Waals surface area contributed by atoms with E-state index in [9.17, 15) is 4.79 Å². The number of carbonyl (C=O) groups excluding carboxylic acids is 1. The Balaban J connectivity index is 2.96. The van der Waals surface area contributed by atoms with Crippen LogP contribution in [0.1, 0.15) is 25.0 Å². The highest BCUT2D eigenvalue weighted by Gasteiger charge is 2.17. The van der Waals surface area contributed by atoms with Crippen LogP contribution in [0.2, 0.25) is 0 Å². The molecule has 1 aromatic rings. The second kappa shape index (κ2) is 8.73. The van der Waals surface area contributed by atoms with Crippen molar-refractivity contribution in [2.75, 3.05) is 25.0 Å². The molecule has 0 saturated heterocycles. The number of benzene rings is 1. The van der Waals surface area contributed by atoms with Crippen LogP contribution in [0, 0.1) is 19.3 Å². The molecular weight excluding hydrogens is 276 g/mol. The van der Waals surface area contributed by atoms with Gasteiger partial charge in [-0.15, -0.1) is 6.42 Å². The molecule has 22 heavy (non-hydrogen) atoms. The number of guanidine groups is 1. The van der Waals surface area contributed by atoms with Crippen LogP contribution in [0.5, 0.6) is 0 Å². The molecule has 118 valence electrons. The molecule has 0 aliphatic rings. The summed E-state index contributed by atoms with van der Waals surface area (Å²) in [5, 5.41) is 5.75. The number of amides is 2. The standard InChI is InChI=1S/C17H24N4O/c1-6-12-19-16(18-8-3)20-17(22)21(5)15-13(4)10-9-11-14(15)7-2/h1,9-11H,7-8,12H2,2-5H3,(H2,18,19,20,22). The van der Waals surface area contributed by atoms with Crippen molar-refractivity contribution < 1.29 is 4.79 Å². The van der Waals surface area contributed by atoms with E-state index in [0.29, 0.717) is 12.5 Å². The predicted octanol–water partition coefficient (Wildman–Crippen LogP) is 2.30. The number of aliphatic imine (C=N–C) groups is 1. The first-order chi connectivity index (χ1) is 10.5. The number of rotatable bonds is 4. The molecule has 0 heterocycles. The monoisotopic (exact) mass is 300 g/mol. The third-order valence-electron chi connectivity index (χ3n) is 3.24. The normalized spacial score (nSPS) is 10.8. The molecule has 1 aromatic carbocycles. The molecule has 5 nitrogen and oxygen atoms in total. The lowest BCUT2D eigenvalue weighted by Gasteiger charge is -2.23. The van der Waals surface area contributed by atoms with Crippen molar-refractivity contribution in [2.45, 2.75) is 27.2 Å². The molecule has 0 radical (unpaired) electrons. The van der Waals surface area contributed by atoms with Crippen LogP contribution in [0.15, 0.2) is 23.2 Å². The van der Waals surface area contributed by atoms with Crippen molar-refractivity contribution in [3.05, 3.63) is 29.3 Å². The second-order valence-electron chi connectivity index (χ2n) is 4.82. The molecule has 0 spiro atoms. The molecule has 2 N–H and O–H groups in total. The van der Waals surface area contributed by atoms with Gasteiger partial charge < -0.3 is 5.32 Å². The summed E-state index contributed by atoms with van der Waals surface area (Å²) in [5.41, 5.74) is 3.11. The first-order valence-electron chi connectivity index (χ1n) is 7.40. The summed E-state index contributed by atoms with van der Waals surface area (Å²) in [4.78, 5) is 18.2. The Morgan fingerprint density at radius 2 is 2.14 bits per heavy atom. The first kappa shape index (κ1) is 17.6. The van der Waals surface area contributed by atoms with Crippen molar-refractivity contribution in [1.82, 2.24) is 10.6 Å². The average molecular weight is 300 g/mol. The Bertz CT molecular complexity index is 587. The van der Waals surface area contributed by atoms with E-state index in [1.54, 1.807) is 11.9 Å². The number of nitrogens with zero attached hydrogens (tertiary/aromatic N) is 2. The Morgan fingerprint density at radius 3 is 2.73 bits per heavy atom. The van der Waals surface area contributed by atoms with Gasteiger partial charge in [0, 0.05) is 13.6 Å². The summed E-state index contributed by atoms with van der Waals surface area (Å²) in [6, 6.07) is 5.78. The van der Waals surface area contributed by atoms with Gasteiger partial charge in [-0.05, 0) is 31.4 Å². The van der Waals surface area contributed by atoms with Crippen molar-refractivity contribution in [2.24, 2.45) is 4.99 Å². The van der Waals surface area contributed by atoms with Gasteiger partial charge in [0.05, 0.1) is 5.69 Å². The maximum absolute atomic E-state index is 12.5. The average Bonchev–Trinajstić information content (AvgIpc) is 2.51. The molecule has 0 unspecified atom stereocenters. The minimum Gasteiger partial charge on any atom is -0.356 e. The van der Waals surface area contributed by atoms with E-state index in [4.69, 9.17) is 6.42 Å². The summed E-state index contributed by atoms with van der Waals surface area (Å²) in [7, 11) is 1.75. The van der Waals surface area contributed by atoms with Crippen molar-refractivity contribution in [3.8, 4) is 12.3 Å². The number of terminal acetylenes is 1. The summed E-state index contributed by atoms with van der Waals surface area (Å²) in [6.45, 7) is 6.87. The molecule has 0 aromatic heterocycles. The summed E-state index contributed by atoms with van der Waals surface area (Å²) in [6.07, 6.45) is 6.07. The van der Waals surface area contributed by atoms with Crippen LogP contribution in [-0.2, 0) is 6.42 Å². The van der Waals surface area contributed by atoms with Crippen LogP contribution >= 0.6 is 0 Å². The zero-order valence-electron chi connectivity index (χ0n) is 13.7. The Morgan fingerprint density at radius 1 is 1.41 bits per heavy atom. The summed E-state index contributed by atoms with van der Waals surface area (Å²) >= 11 is 0. The van der Waals surface area contributed by atoms with E-state index in [1.165, 1.54) is 0 Å². The minimum absolute atomic E-state index is 0.219. The van der Waals surface area contributed by atoms with Gasteiger partial charge in [-0.3, -0.25) is 10.2 Å². The van der Waals surface area contributed by atoms with E-state index in [1.807, 2.05) is 32.0 Å². The fourth-order valence-electron chi connectivity index (χ4n) is 2.20. The third kappa shape index (κ3) is 4.52. The number of hydrogen-bond acceptors (Lipinski definition) is 2. The summed E-state index contributed by atoms with van der Waals surface area (Å²) in [5.74, 6) is 2.82. The lowest BCUT2D eigenvalue weighted by atomic mass is 10.1. The Hall–Kier alpha value is -2.48. The van der Waals surface area contributed by atoms with E-state index in [0.717, 1.165) is 23.2 Å². The van der Waals surface area contributed by atoms with Gasteiger partial charge in [-0.2, -0.15) is 0 Å². The smallest absolute Gasteiger partial charge is 0.328 e. The number of urea groups is 1. The number of aryl methyl sites for hydroxylation is 2. The van der Waals surface area contributed by atoms with Crippen molar-refractivity contribution in [1.29, 1.82) is 0 Å². The molecule has 0 atom stereocenters. The van der Waals surface area contributed by atoms with Crippen LogP contribution in [0.25, 0.3) is 0 Å². The highest BCUT2D eigenvalue weighted by atomic mass is 16.2. The summed E-state index contributed by atoms with van der Waals surface area (Å²) < 4.78 is 0. The fourth-order valence-corrected chi connectivity index (χ4v) is 2.20. The second-order valence-corrected chi connectivity index (χ2v) is 4.82. The minimum atomic E-state index is -0.249. The number of nitrogens with one attached hydrogen (secondary N) is 2. The Kier molecular flexibility index (Phi) is 6.97. The molecule has 1 rings (SSSR count). The van der Waals surface area contributed by atoms with Gasteiger partial charge in [-0.1, -0.05) is 31.0 Å². The van der Waals surface area contributed by atoms with E-state index in [-0.39, 0.29) is 12.6 Å². The maximum Gasteiger partial charge on any atom is 0.328 e. The lowest BCUT2D eigenvalue weighted by molar-refractivity contribution is 0.251. The van der Waals surface area contributed by atoms with E-state index in [2.05, 4.69) is 28.5 Å². The van der Waals surface area contributed by atoms with E-state index < -0.39 is 0 Å². The number of hydrogen-bond donors (Lipinski definition) is 2. The fraction of sp³-hybridized carbons (Fsp3) is 0.412. The highest BCUT2D eigenvalue weighted by molar-refractivity contribution is 6.04. The topological polar surface area (TPSA) is 56.7 Å². The molecule has 2 amide bonds.